The van der Waals surface area contributed by atoms with E-state index in [1.165, 1.54) is 4.57 Å². The van der Waals surface area contributed by atoms with Gasteiger partial charge in [0.15, 0.2) is 17.1 Å². The van der Waals surface area contributed by atoms with Crippen LogP contribution < -0.4 is 26.0 Å². The normalized spacial score (nSPS) is 13.1. The highest BCUT2D eigenvalue weighted by molar-refractivity contribution is 6.05. The van der Waals surface area contributed by atoms with Crippen LogP contribution in [0.5, 0.6) is 11.5 Å². The molecule has 1 amide bonds. The molecule has 34 heavy (non-hydrogen) atoms. The van der Waals surface area contributed by atoms with Crippen LogP contribution in [0.25, 0.3) is 11.0 Å². The molecule has 0 saturated heterocycles. The summed E-state index contributed by atoms with van der Waals surface area (Å²) < 4.78 is 12.7. The average molecular weight is 467 g/mol. The molecule has 9 nitrogen and oxygen atoms in total. The Balaban J connectivity index is 1.58. The van der Waals surface area contributed by atoms with Crippen molar-refractivity contribution in [3.05, 3.63) is 61.9 Å². The van der Waals surface area contributed by atoms with Crippen molar-refractivity contribution in [2.24, 2.45) is 0 Å². The Hall–Kier alpha value is -3.62. The van der Waals surface area contributed by atoms with Crippen LogP contribution in [-0.4, -0.2) is 40.2 Å². The molecule has 0 atom stereocenters. The number of H-pyrrole nitrogens is 1. The van der Waals surface area contributed by atoms with Gasteiger partial charge in [0.05, 0.1) is 24.2 Å². The largest absolute Gasteiger partial charge is 0.490 e. The van der Waals surface area contributed by atoms with Crippen LogP contribution in [0.1, 0.15) is 61.1 Å². The summed E-state index contributed by atoms with van der Waals surface area (Å²) in [6.07, 6.45) is 2.55. The average Bonchev–Trinajstić information content (AvgIpc) is 3.66. The number of pyridine rings is 1. The van der Waals surface area contributed by atoms with E-state index in [0.717, 1.165) is 24.1 Å². The monoisotopic (exact) mass is 466 g/mol. The Labute approximate surface area is 197 Å². The quantitative estimate of drug-likeness (QED) is 0.475. The molecule has 9 heteroatoms. The van der Waals surface area contributed by atoms with Crippen molar-refractivity contribution in [1.29, 1.82) is 0 Å². The Morgan fingerprint density at radius 3 is 2.53 bits per heavy atom. The summed E-state index contributed by atoms with van der Waals surface area (Å²) in [4.78, 5) is 45.0. The topological polar surface area (TPSA) is 115 Å². The van der Waals surface area contributed by atoms with Gasteiger partial charge >= 0.3 is 5.69 Å². The molecular weight excluding hydrogens is 436 g/mol. The number of carbonyl (C=O) groups is 1. The van der Waals surface area contributed by atoms with Gasteiger partial charge < -0.3 is 14.8 Å². The summed E-state index contributed by atoms with van der Waals surface area (Å²) in [5, 5.41) is 3.06. The molecule has 1 fully saturated rings. The lowest BCUT2D eigenvalue weighted by atomic mass is 10.1. The van der Waals surface area contributed by atoms with Gasteiger partial charge in [-0.1, -0.05) is 6.07 Å². The number of hydrogen-bond donors (Lipinski definition) is 2. The summed E-state index contributed by atoms with van der Waals surface area (Å²) in [6, 6.07) is 7.42. The molecule has 0 aliphatic heterocycles. The molecule has 3 aromatic rings. The fourth-order valence-electron chi connectivity index (χ4n) is 4.02. The van der Waals surface area contributed by atoms with E-state index in [1.54, 1.807) is 13.0 Å². The number of carbonyl (C=O) groups excluding carboxylic acids is 1. The first-order valence-corrected chi connectivity index (χ1v) is 11.8. The minimum absolute atomic E-state index is 0.142. The Kier molecular flexibility index (Phi) is 7.00. The molecule has 180 valence electrons. The molecule has 1 aromatic carbocycles. The number of ether oxygens (including phenoxy) is 2. The van der Waals surface area contributed by atoms with Crippen molar-refractivity contribution in [1.82, 2.24) is 19.9 Å². The predicted octanol–water partition coefficient (Wildman–Crippen LogP) is 2.75. The standard InChI is InChI=1S/C25H30N4O5/c1-4-29-22-21(24(31)28-25(29)32)17(14-18(27-22)16-8-9-16)23(30)26-12-11-15-7-10-19(33-5-2)20(13-15)34-6-3/h7,10,13-14,16H,4-6,8-9,11-12H2,1-3H3,(H,26,30)(H,28,31,32). The second-order valence-electron chi connectivity index (χ2n) is 8.22. The molecule has 1 aliphatic rings. The number of aromatic nitrogens is 3. The maximum absolute atomic E-state index is 13.2. The van der Waals surface area contributed by atoms with Crippen LogP contribution in [0, 0.1) is 0 Å². The fraction of sp³-hybridized carbons (Fsp3) is 0.440. The van der Waals surface area contributed by atoms with Crippen molar-refractivity contribution in [3.63, 3.8) is 0 Å². The first-order chi connectivity index (χ1) is 16.5. The van der Waals surface area contributed by atoms with Crippen LogP contribution in [0.2, 0.25) is 0 Å². The van der Waals surface area contributed by atoms with E-state index in [0.29, 0.717) is 44.2 Å². The second-order valence-corrected chi connectivity index (χ2v) is 8.22. The van der Waals surface area contributed by atoms with Crippen LogP contribution in [0.3, 0.4) is 0 Å². The van der Waals surface area contributed by atoms with Gasteiger partial charge in [-0.05, 0) is 63.8 Å². The second kappa shape index (κ2) is 10.1. The van der Waals surface area contributed by atoms with E-state index in [9.17, 15) is 14.4 Å². The van der Waals surface area contributed by atoms with Crippen molar-refractivity contribution < 1.29 is 14.3 Å². The van der Waals surface area contributed by atoms with Crippen molar-refractivity contribution >= 4 is 16.9 Å². The van der Waals surface area contributed by atoms with E-state index in [4.69, 9.17) is 9.47 Å². The van der Waals surface area contributed by atoms with Crippen LogP contribution in [0.4, 0.5) is 0 Å². The van der Waals surface area contributed by atoms with Crippen LogP contribution in [0.15, 0.2) is 33.9 Å². The molecule has 2 N–H and O–H groups in total. The summed E-state index contributed by atoms with van der Waals surface area (Å²) in [6.45, 7) is 7.41. The van der Waals surface area contributed by atoms with Gasteiger partial charge in [-0.25, -0.2) is 9.78 Å². The SMILES string of the molecule is CCOc1ccc(CCNC(=O)c2cc(C3CC3)nc3c2c(=O)[nH]c(=O)n3CC)cc1OCC. The molecule has 0 bridgehead atoms. The molecule has 2 aromatic heterocycles. The van der Waals surface area contributed by atoms with Gasteiger partial charge in [-0.3, -0.25) is 19.1 Å². The lowest BCUT2D eigenvalue weighted by Gasteiger charge is -2.14. The zero-order valence-corrected chi connectivity index (χ0v) is 19.8. The van der Waals surface area contributed by atoms with Gasteiger partial charge in [-0.2, -0.15) is 0 Å². The number of benzene rings is 1. The minimum atomic E-state index is -0.599. The summed E-state index contributed by atoms with van der Waals surface area (Å²) in [5.41, 5.74) is 1.13. The zero-order valence-electron chi connectivity index (χ0n) is 19.8. The van der Waals surface area contributed by atoms with Gasteiger partial charge in [0.2, 0.25) is 0 Å². The highest BCUT2D eigenvalue weighted by atomic mass is 16.5. The molecule has 0 radical (unpaired) electrons. The van der Waals surface area contributed by atoms with Crippen LogP contribution >= 0.6 is 0 Å². The minimum Gasteiger partial charge on any atom is -0.490 e. The van der Waals surface area contributed by atoms with E-state index >= 15 is 0 Å². The highest BCUT2D eigenvalue weighted by Gasteiger charge is 2.28. The third-order valence-electron chi connectivity index (χ3n) is 5.83. The molecule has 1 aliphatic carbocycles. The Morgan fingerprint density at radius 2 is 1.85 bits per heavy atom. The van der Waals surface area contributed by atoms with Gasteiger partial charge in [-0.15, -0.1) is 0 Å². The summed E-state index contributed by atoms with van der Waals surface area (Å²) in [7, 11) is 0. The van der Waals surface area contributed by atoms with E-state index in [-0.39, 0.29) is 28.4 Å². The fourth-order valence-corrected chi connectivity index (χ4v) is 4.02. The number of hydrogen-bond acceptors (Lipinski definition) is 6. The molecule has 1 saturated carbocycles. The first-order valence-electron chi connectivity index (χ1n) is 11.8. The first kappa shape index (κ1) is 23.5. The molecular formula is C25H30N4O5. The molecule has 2 heterocycles. The third-order valence-corrected chi connectivity index (χ3v) is 5.83. The van der Waals surface area contributed by atoms with E-state index in [1.807, 2.05) is 32.0 Å². The predicted molar refractivity (Wildman–Crippen MR) is 129 cm³/mol. The van der Waals surface area contributed by atoms with Gasteiger partial charge in [0.25, 0.3) is 11.5 Å². The van der Waals surface area contributed by atoms with Crippen molar-refractivity contribution in [2.75, 3.05) is 19.8 Å². The Bertz CT molecular complexity index is 1320. The number of fused-ring (bicyclic) bond motifs is 1. The number of nitrogens with zero attached hydrogens (tertiary/aromatic N) is 2. The zero-order chi connectivity index (χ0) is 24.2. The van der Waals surface area contributed by atoms with Gasteiger partial charge in [0.1, 0.15) is 0 Å². The number of aromatic amines is 1. The number of amides is 1. The molecule has 0 unspecified atom stereocenters. The van der Waals surface area contributed by atoms with Crippen molar-refractivity contribution in [3.8, 4) is 11.5 Å². The smallest absolute Gasteiger partial charge is 0.329 e. The summed E-state index contributed by atoms with van der Waals surface area (Å²) in [5.74, 6) is 1.26. The summed E-state index contributed by atoms with van der Waals surface area (Å²) >= 11 is 0. The highest BCUT2D eigenvalue weighted by Crippen LogP contribution is 2.39. The lowest BCUT2D eigenvalue weighted by Crippen LogP contribution is -2.33. The number of aryl methyl sites for hydroxylation is 1. The van der Waals surface area contributed by atoms with E-state index < -0.39 is 11.2 Å². The number of rotatable bonds is 10. The van der Waals surface area contributed by atoms with Gasteiger partial charge in [0, 0.05) is 24.7 Å². The maximum atomic E-state index is 13.2. The lowest BCUT2D eigenvalue weighted by molar-refractivity contribution is 0.0955. The Morgan fingerprint density at radius 1 is 1.12 bits per heavy atom. The molecule has 4 rings (SSSR count). The maximum Gasteiger partial charge on any atom is 0.329 e. The number of nitrogens with one attached hydrogen (secondary N) is 2. The van der Waals surface area contributed by atoms with Crippen LogP contribution in [-0.2, 0) is 13.0 Å². The molecule has 0 spiro atoms. The van der Waals surface area contributed by atoms with E-state index in [2.05, 4.69) is 15.3 Å². The third kappa shape index (κ3) is 4.83. The van der Waals surface area contributed by atoms with Crippen molar-refractivity contribution in [2.45, 2.75) is 52.5 Å².